The van der Waals surface area contributed by atoms with Gasteiger partial charge in [0.1, 0.15) is 5.75 Å². The van der Waals surface area contributed by atoms with E-state index in [0.717, 1.165) is 10.9 Å². The van der Waals surface area contributed by atoms with Crippen molar-refractivity contribution in [1.29, 1.82) is 0 Å². The number of carbonyl (C=O) groups excluding carboxylic acids is 2. The van der Waals surface area contributed by atoms with Crippen molar-refractivity contribution in [3.63, 3.8) is 0 Å². The highest BCUT2D eigenvalue weighted by atomic mass is 79.9. The van der Waals surface area contributed by atoms with Crippen molar-refractivity contribution in [3.05, 3.63) is 52.5 Å². The SMILES string of the molecule is CC(C)CCOc1ccc(Br)cc1C(=O)NC(=S)Nc1cccc(NC(=O)C(C)C)c1. The van der Waals surface area contributed by atoms with Gasteiger partial charge >= 0.3 is 0 Å². The van der Waals surface area contributed by atoms with E-state index in [0.29, 0.717) is 35.2 Å². The Kier molecular flexibility index (Phi) is 9.45. The number of halogens is 1. The molecule has 0 saturated heterocycles. The van der Waals surface area contributed by atoms with Gasteiger partial charge in [-0.15, -0.1) is 0 Å². The minimum absolute atomic E-state index is 0.0762. The van der Waals surface area contributed by atoms with Crippen molar-refractivity contribution < 1.29 is 14.3 Å². The van der Waals surface area contributed by atoms with Crippen LogP contribution in [0.2, 0.25) is 0 Å². The van der Waals surface area contributed by atoms with Crippen LogP contribution in [-0.2, 0) is 4.79 Å². The Morgan fingerprint density at radius 2 is 1.71 bits per heavy atom. The summed E-state index contributed by atoms with van der Waals surface area (Å²) in [6.07, 6.45) is 0.890. The Morgan fingerprint density at radius 1 is 1.03 bits per heavy atom. The zero-order chi connectivity index (χ0) is 23.0. The molecule has 0 radical (unpaired) electrons. The van der Waals surface area contributed by atoms with E-state index in [1.54, 1.807) is 36.4 Å². The van der Waals surface area contributed by atoms with Gasteiger partial charge in [0.15, 0.2) is 5.11 Å². The summed E-state index contributed by atoms with van der Waals surface area (Å²) >= 11 is 8.69. The topological polar surface area (TPSA) is 79.5 Å². The average molecular weight is 506 g/mol. The van der Waals surface area contributed by atoms with Gasteiger partial charge < -0.3 is 15.4 Å². The van der Waals surface area contributed by atoms with E-state index in [4.69, 9.17) is 17.0 Å². The van der Waals surface area contributed by atoms with Crippen LogP contribution in [-0.4, -0.2) is 23.5 Å². The summed E-state index contributed by atoms with van der Waals surface area (Å²) in [6, 6.07) is 12.4. The second-order valence-corrected chi connectivity index (χ2v) is 9.13. The van der Waals surface area contributed by atoms with E-state index in [-0.39, 0.29) is 22.8 Å². The Balaban J connectivity index is 2.04. The number of nitrogens with one attached hydrogen (secondary N) is 3. The summed E-state index contributed by atoms with van der Waals surface area (Å²) in [5, 5.41) is 8.63. The standard InChI is InChI=1S/C23H28BrN3O3S/c1-14(2)10-11-30-20-9-8-16(24)12-19(20)22(29)27-23(31)26-18-7-5-6-17(13-18)25-21(28)15(3)4/h5-9,12-15H,10-11H2,1-4H3,(H,25,28)(H2,26,27,29,31). The molecule has 2 aromatic carbocycles. The zero-order valence-electron chi connectivity index (χ0n) is 18.1. The maximum atomic E-state index is 12.8. The molecular weight excluding hydrogens is 478 g/mol. The van der Waals surface area contributed by atoms with Gasteiger partial charge in [-0.1, -0.05) is 49.7 Å². The van der Waals surface area contributed by atoms with Gasteiger partial charge in [0.2, 0.25) is 5.91 Å². The lowest BCUT2D eigenvalue weighted by Gasteiger charge is -2.15. The van der Waals surface area contributed by atoms with Crippen LogP contribution in [0, 0.1) is 11.8 Å². The lowest BCUT2D eigenvalue weighted by Crippen LogP contribution is -2.34. The second kappa shape index (κ2) is 11.8. The van der Waals surface area contributed by atoms with E-state index >= 15 is 0 Å². The molecule has 0 aromatic heterocycles. The first kappa shape index (κ1) is 24.8. The van der Waals surface area contributed by atoms with Crippen LogP contribution in [0.3, 0.4) is 0 Å². The Labute approximate surface area is 197 Å². The summed E-state index contributed by atoms with van der Waals surface area (Å²) < 4.78 is 6.58. The monoisotopic (exact) mass is 505 g/mol. The highest BCUT2D eigenvalue weighted by molar-refractivity contribution is 9.10. The normalized spacial score (nSPS) is 10.7. The molecule has 0 unspecified atom stereocenters. The van der Waals surface area contributed by atoms with E-state index in [9.17, 15) is 9.59 Å². The highest BCUT2D eigenvalue weighted by Gasteiger charge is 2.15. The molecule has 2 rings (SSSR count). The molecule has 2 amide bonds. The maximum absolute atomic E-state index is 12.8. The highest BCUT2D eigenvalue weighted by Crippen LogP contribution is 2.24. The van der Waals surface area contributed by atoms with Gasteiger partial charge in [-0.2, -0.15) is 0 Å². The van der Waals surface area contributed by atoms with Crippen LogP contribution >= 0.6 is 28.1 Å². The van der Waals surface area contributed by atoms with Crippen molar-refractivity contribution in [3.8, 4) is 5.75 Å². The predicted octanol–water partition coefficient (Wildman–Crippen LogP) is 5.60. The van der Waals surface area contributed by atoms with Crippen LogP contribution in [0.25, 0.3) is 0 Å². The third-order valence-electron chi connectivity index (χ3n) is 4.28. The first-order valence-electron chi connectivity index (χ1n) is 10.1. The number of hydrogen-bond acceptors (Lipinski definition) is 4. The van der Waals surface area contributed by atoms with Gasteiger partial charge in [0.25, 0.3) is 5.91 Å². The maximum Gasteiger partial charge on any atom is 0.261 e. The summed E-state index contributed by atoms with van der Waals surface area (Å²) in [5.41, 5.74) is 1.68. The van der Waals surface area contributed by atoms with Gasteiger partial charge in [0.05, 0.1) is 12.2 Å². The lowest BCUT2D eigenvalue weighted by atomic mass is 10.1. The van der Waals surface area contributed by atoms with Crippen LogP contribution in [0.1, 0.15) is 44.5 Å². The van der Waals surface area contributed by atoms with Crippen molar-refractivity contribution in [1.82, 2.24) is 5.32 Å². The lowest BCUT2D eigenvalue weighted by molar-refractivity contribution is -0.118. The largest absolute Gasteiger partial charge is 0.493 e. The fraction of sp³-hybridized carbons (Fsp3) is 0.348. The summed E-state index contributed by atoms with van der Waals surface area (Å²) in [4.78, 5) is 24.7. The van der Waals surface area contributed by atoms with Crippen molar-refractivity contribution in [2.75, 3.05) is 17.2 Å². The predicted molar refractivity (Wildman–Crippen MR) is 133 cm³/mol. The van der Waals surface area contributed by atoms with Crippen LogP contribution in [0.15, 0.2) is 46.9 Å². The quantitative estimate of drug-likeness (QED) is 0.407. The van der Waals surface area contributed by atoms with Gasteiger partial charge in [-0.3, -0.25) is 14.9 Å². The smallest absolute Gasteiger partial charge is 0.261 e. The number of thiocarbonyl (C=S) groups is 1. The van der Waals surface area contributed by atoms with Crippen LogP contribution < -0.4 is 20.7 Å². The second-order valence-electron chi connectivity index (χ2n) is 7.80. The van der Waals surface area contributed by atoms with Crippen LogP contribution in [0.4, 0.5) is 11.4 Å². The fourth-order valence-corrected chi connectivity index (χ4v) is 3.08. The van der Waals surface area contributed by atoms with Crippen molar-refractivity contribution >= 4 is 56.4 Å². The summed E-state index contributed by atoms with van der Waals surface area (Å²) in [5.74, 6) is 0.433. The first-order valence-corrected chi connectivity index (χ1v) is 11.3. The third-order valence-corrected chi connectivity index (χ3v) is 4.98. The minimum atomic E-state index is -0.373. The molecule has 166 valence electrons. The van der Waals surface area contributed by atoms with Gasteiger partial charge in [-0.25, -0.2) is 0 Å². The number of hydrogen-bond donors (Lipinski definition) is 3. The molecule has 0 fully saturated rings. The molecule has 0 saturated carbocycles. The minimum Gasteiger partial charge on any atom is -0.493 e. The van der Waals surface area contributed by atoms with Gasteiger partial charge in [-0.05, 0) is 61.0 Å². The Bertz CT molecular complexity index is 947. The van der Waals surface area contributed by atoms with E-state index in [2.05, 4.69) is 45.7 Å². The molecule has 0 aliphatic rings. The molecule has 0 atom stereocenters. The van der Waals surface area contributed by atoms with Gasteiger partial charge in [0, 0.05) is 21.8 Å². The molecule has 31 heavy (non-hydrogen) atoms. The van der Waals surface area contributed by atoms with E-state index < -0.39 is 0 Å². The van der Waals surface area contributed by atoms with Crippen molar-refractivity contribution in [2.24, 2.45) is 11.8 Å². The molecule has 6 nitrogen and oxygen atoms in total. The van der Waals surface area contributed by atoms with E-state index in [1.807, 2.05) is 19.9 Å². The number of anilines is 2. The van der Waals surface area contributed by atoms with E-state index in [1.165, 1.54) is 0 Å². The third kappa shape index (κ3) is 8.30. The fourth-order valence-electron chi connectivity index (χ4n) is 2.50. The van der Waals surface area contributed by atoms with Crippen molar-refractivity contribution in [2.45, 2.75) is 34.1 Å². The molecule has 0 aliphatic heterocycles. The molecule has 8 heteroatoms. The first-order chi connectivity index (χ1) is 14.7. The molecular formula is C23H28BrN3O3S. The molecule has 3 N–H and O–H groups in total. The average Bonchev–Trinajstić information content (AvgIpc) is 2.68. The number of amides is 2. The number of carbonyl (C=O) groups is 2. The molecule has 0 heterocycles. The molecule has 0 spiro atoms. The Hall–Kier alpha value is -2.45. The summed E-state index contributed by atoms with van der Waals surface area (Å²) in [6.45, 7) is 8.41. The number of ether oxygens (including phenoxy) is 1. The molecule has 2 aromatic rings. The number of rotatable bonds is 8. The summed E-state index contributed by atoms with van der Waals surface area (Å²) in [7, 11) is 0. The molecule has 0 bridgehead atoms. The van der Waals surface area contributed by atoms with Crippen LogP contribution in [0.5, 0.6) is 5.75 Å². The number of benzene rings is 2. The Morgan fingerprint density at radius 3 is 2.35 bits per heavy atom. The zero-order valence-corrected chi connectivity index (χ0v) is 20.5. The molecule has 0 aliphatic carbocycles.